The van der Waals surface area contributed by atoms with Gasteiger partial charge in [0.15, 0.2) is 0 Å². The van der Waals surface area contributed by atoms with Gasteiger partial charge in [-0.1, -0.05) is 0 Å². The first-order chi connectivity index (χ1) is 8.91. The van der Waals surface area contributed by atoms with Crippen molar-refractivity contribution in [2.24, 2.45) is 0 Å². The summed E-state index contributed by atoms with van der Waals surface area (Å²) >= 11 is 0. The summed E-state index contributed by atoms with van der Waals surface area (Å²) in [7, 11) is 1.70. The van der Waals surface area contributed by atoms with E-state index in [0.29, 0.717) is 18.3 Å². The fraction of sp³-hybridized carbons (Fsp3) is 0.250. The Kier molecular flexibility index (Phi) is 3.57. The van der Waals surface area contributed by atoms with Crippen LogP contribution in [0.1, 0.15) is 11.3 Å². The van der Waals surface area contributed by atoms with Crippen LogP contribution in [0.5, 0.6) is 0 Å². The summed E-state index contributed by atoms with van der Waals surface area (Å²) in [6, 6.07) is 2.32. The summed E-state index contributed by atoms with van der Waals surface area (Å²) in [6.07, 6.45) is -3.14. The van der Waals surface area contributed by atoms with Crippen LogP contribution in [0.3, 0.4) is 0 Å². The first-order valence-electron chi connectivity index (χ1n) is 5.47. The normalized spacial score (nSPS) is 11.8. The number of H-pyrrole nitrogens is 1. The molecule has 2 N–H and O–H groups in total. The highest BCUT2D eigenvalue weighted by molar-refractivity contribution is 5.61. The Morgan fingerprint density at radius 2 is 2.05 bits per heavy atom. The van der Waals surface area contributed by atoms with Crippen LogP contribution >= 0.6 is 0 Å². The Labute approximate surface area is 106 Å². The number of alkyl halides is 3. The SMILES string of the molecule is CNCc1cnc(-c2cc(F)ccc2C(F)(F)F)[nH]1. The van der Waals surface area contributed by atoms with Crippen molar-refractivity contribution in [2.75, 3.05) is 7.05 Å². The lowest BCUT2D eigenvalue weighted by molar-refractivity contribution is -0.137. The molecule has 0 bridgehead atoms. The molecule has 0 aliphatic heterocycles. The number of hydrogen-bond acceptors (Lipinski definition) is 2. The van der Waals surface area contributed by atoms with Gasteiger partial charge in [-0.3, -0.25) is 0 Å². The lowest BCUT2D eigenvalue weighted by Gasteiger charge is -2.11. The summed E-state index contributed by atoms with van der Waals surface area (Å²) in [5.41, 5.74) is -0.594. The van der Waals surface area contributed by atoms with Crippen molar-refractivity contribution >= 4 is 0 Å². The highest BCUT2D eigenvalue weighted by Gasteiger charge is 2.34. The molecule has 1 aromatic carbocycles. The number of imidazole rings is 1. The largest absolute Gasteiger partial charge is 0.417 e. The molecule has 3 nitrogen and oxygen atoms in total. The number of aromatic nitrogens is 2. The monoisotopic (exact) mass is 273 g/mol. The summed E-state index contributed by atoms with van der Waals surface area (Å²) in [4.78, 5) is 6.59. The molecule has 0 radical (unpaired) electrons. The first kappa shape index (κ1) is 13.5. The van der Waals surface area contributed by atoms with E-state index in [9.17, 15) is 17.6 Å². The third kappa shape index (κ3) is 2.93. The zero-order chi connectivity index (χ0) is 14.0. The predicted molar refractivity (Wildman–Crippen MR) is 61.7 cm³/mol. The van der Waals surface area contributed by atoms with Gasteiger partial charge >= 0.3 is 6.18 Å². The lowest BCUT2D eigenvalue weighted by Crippen LogP contribution is -2.08. The average molecular weight is 273 g/mol. The second-order valence-electron chi connectivity index (χ2n) is 3.98. The number of nitrogens with zero attached hydrogens (tertiary/aromatic N) is 1. The first-order valence-corrected chi connectivity index (χ1v) is 5.47. The molecular formula is C12H11F4N3. The average Bonchev–Trinajstić information content (AvgIpc) is 2.76. The molecule has 2 rings (SSSR count). The Hall–Kier alpha value is -1.89. The van der Waals surface area contributed by atoms with Crippen LogP contribution in [0.25, 0.3) is 11.4 Å². The van der Waals surface area contributed by atoms with Crippen LogP contribution in [-0.4, -0.2) is 17.0 Å². The molecule has 1 aromatic heterocycles. The number of nitrogens with one attached hydrogen (secondary N) is 2. The number of hydrogen-bond donors (Lipinski definition) is 2. The van der Waals surface area contributed by atoms with E-state index in [-0.39, 0.29) is 11.4 Å². The van der Waals surface area contributed by atoms with E-state index in [1.54, 1.807) is 7.05 Å². The van der Waals surface area contributed by atoms with Gasteiger partial charge in [0.05, 0.1) is 5.56 Å². The van der Waals surface area contributed by atoms with Crippen molar-refractivity contribution in [3.8, 4) is 11.4 Å². The summed E-state index contributed by atoms with van der Waals surface area (Å²) in [5, 5.41) is 2.84. The molecule has 0 aliphatic rings. The molecule has 0 aliphatic carbocycles. The molecule has 0 amide bonds. The highest BCUT2D eigenvalue weighted by atomic mass is 19.4. The van der Waals surface area contributed by atoms with Gasteiger partial charge in [0.2, 0.25) is 0 Å². The minimum Gasteiger partial charge on any atom is -0.341 e. The zero-order valence-corrected chi connectivity index (χ0v) is 9.98. The van der Waals surface area contributed by atoms with Gasteiger partial charge in [0.1, 0.15) is 11.6 Å². The molecule has 0 atom stereocenters. The third-order valence-corrected chi connectivity index (χ3v) is 2.54. The number of halogens is 4. The maximum absolute atomic E-state index is 13.2. The second-order valence-corrected chi connectivity index (χ2v) is 3.98. The van der Waals surface area contributed by atoms with Crippen molar-refractivity contribution in [2.45, 2.75) is 12.7 Å². The molecule has 0 spiro atoms. The van der Waals surface area contributed by atoms with E-state index in [2.05, 4.69) is 15.3 Å². The zero-order valence-electron chi connectivity index (χ0n) is 9.98. The smallest absolute Gasteiger partial charge is 0.341 e. The highest BCUT2D eigenvalue weighted by Crippen LogP contribution is 2.36. The van der Waals surface area contributed by atoms with Crippen molar-refractivity contribution in [3.63, 3.8) is 0 Å². The van der Waals surface area contributed by atoms with E-state index < -0.39 is 17.6 Å². The van der Waals surface area contributed by atoms with Crippen LogP contribution in [-0.2, 0) is 12.7 Å². The van der Waals surface area contributed by atoms with Gasteiger partial charge in [-0.15, -0.1) is 0 Å². The standard InChI is InChI=1S/C12H11F4N3/c1-17-5-8-6-18-11(19-8)9-4-7(13)2-3-10(9)12(14,15)16/h2-4,6,17H,5H2,1H3,(H,18,19). The molecule has 7 heteroatoms. The fourth-order valence-corrected chi connectivity index (χ4v) is 1.74. The van der Waals surface area contributed by atoms with Crippen molar-refractivity contribution < 1.29 is 17.6 Å². The Morgan fingerprint density at radius 1 is 1.32 bits per heavy atom. The Balaban J connectivity index is 2.50. The van der Waals surface area contributed by atoms with Crippen molar-refractivity contribution in [1.82, 2.24) is 15.3 Å². The van der Waals surface area contributed by atoms with Gasteiger partial charge < -0.3 is 10.3 Å². The summed E-state index contributed by atoms with van der Waals surface area (Å²) in [6.45, 7) is 0.434. The summed E-state index contributed by atoms with van der Waals surface area (Å²) < 4.78 is 51.7. The van der Waals surface area contributed by atoms with Crippen LogP contribution in [0.4, 0.5) is 17.6 Å². The number of rotatable bonds is 3. The Morgan fingerprint density at radius 3 is 2.68 bits per heavy atom. The Bertz CT molecular complexity index is 575. The van der Waals surface area contributed by atoms with Gasteiger partial charge in [0.25, 0.3) is 0 Å². The summed E-state index contributed by atoms with van der Waals surface area (Å²) in [5.74, 6) is -0.744. The molecule has 0 saturated carbocycles. The predicted octanol–water partition coefficient (Wildman–Crippen LogP) is 2.95. The quantitative estimate of drug-likeness (QED) is 0.844. The maximum Gasteiger partial charge on any atom is 0.417 e. The second kappa shape index (κ2) is 5.00. The molecule has 1 heterocycles. The van der Waals surface area contributed by atoms with Gasteiger partial charge in [0, 0.05) is 24.0 Å². The van der Waals surface area contributed by atoms with E-state index in [0.717, 1.165) is 12.1 Å². The molecule has 0 saturated heterocycles. The van der Waals surface area contributed by atoms with Gasteiger partial charge in [-0.05, 0) is 25.2 Å². The van der Waals surface area contributed by atoms with Crippen LogP contribution in [0.2, 0.25) is 0 Å². The molecular weight excluding hydrogens is 262 g/mol. The molecule has 0 fully saturated rings. The van der Waals surface area contributed by atoms with Crippen LogP contribution in [0, 0.1) is 5.82 Å². The van der Waals surface area contributed by atoms with Crippen molar-refractivity contribution in [3.05, 3.63) is 41.5 Å². The van der Waals surface area contributed by atoms with E-state index in [1.165, 1.54) is 6.20 Å². The van der Waals surface area contributed by atoms with E-state index in [4.69, 9.17) is 0 Å². The minimum absolute atomic E-state index is 0.00271. The number of aromatic amines is 1. The van der Waals surface area contributed by atoms with Crippen LogP contribution in [0.15, 0.2) is 24.4 Å². The van der Waals surface area contributed by atoms with Crippen LogP contribution < -0.4 is 5.32 Å². The fourth-order valence-electron chi connectivity index (χ4n) is 1.74. The third-order valence-electron chi connectivity index (χ3n) is 2.54. The molecule has 19 heavy (non-hydrogen) atoms. The minimum atomic E-state index is -4.56. The van der Waals surface area contributed by atoms with Crippen molar-refractivity contribution in [1.29, 1.82) is 0 Å². The van der Waals surface area contributed by atoms with E-state index >= 15 is 0 Å². The lowest BCUT2D eigenvalue weighted by atomic mass is 10.1. The molecule has 2 aromatic rings. The maximum atomic E-state index is 13.2. The topological polar surface area (TPSA) is 40.7 Å². The molecule has 0 unspecified atom stereocenters. The van der Waals surface area contributed by atoms with Gasteiger partial charge in [-0.2, -0.15) is 13.2 Å². The number of benzene rings is 1. The van der Waals surface area contributed by atoms with Gasteiger partial charge in [-0.25, -0.2) is 9.37 Å². The molecule has 102 valence electrons. The van der Waals surface area contributed by atoms with E-state index in [1.807, 2.05) is 0 Å².